The number of nitrogens with zero attached hydrogens (tertiary/aromatic N) is 1. The standard InChI is InChI=1S/C70H144N.C24H20B/c1-5-9-13-17-21-25-29-33-37-40-44-48-52-56-60-64-68-71(67-63-59-55-51-47-43-36-32-28-24-20-16-12-8-4,69-65-61-57-53-49-45-41-38-34-30-26-22-18-14-10-6-2)70-66-62-58-54-50-46-42-39-35-31-27-23-19-15-11-7-3;1-5-13-21(14-6-1)25(22-15-7-2-8-16-22,23-17-9-3-10-18-23)24-19-11-4-12-20-24/h5-70H2,1-4H3;1-20H/q+1;-1. The summed E-state index contributed by atoms with van der Waals surface area (Å²) in [6, 6.07) is 43.5. The van der Waals surface area contributed by atoms with Crippen LogP contribution in [0.1, 0.15) is 426 Å². The molecule has 0 heterocycles. The molecule has 0 atom stereocenters. The van der Waals surface area contributed by atoms with Crippen molar-refractivity contribution < 1.29 is 4.48 Å². The lowest BCUT2D eigenvalue weighted by Gasteiger charge is -2.44. The van der Waals surface area contributed by atoms with Gasteiger partial charge < -0.3 is 4.48 Å². The van der Waals surface area contributed by atoms with Gasteiger partial charge in [0.05, 0.1) is 26.2 Å². The molecule has 0 radical (unpaired) electrons. The number of quaternary nitrogens is 1. The van der Waals surface area contributed by atoms with Gasteiger partial charge >= 0.3 is 0 Å². The summed E-state index contributed by atoms with van der Waals surface area (Å²) in [5.74, 6) is 0. The van der Waals surface area contributed by atoms with Gasteiger partial charge in [-0.2, -0.15) is 21.9 Å². The van der Waals surface area contributed by atoms with Crippen molar-refractivity contribution in [3.8, 4) is 0 Å². The van der Waals surface area contributed by atoms with E-state index in [9.17, 15) is 0 Å². The number of hydrogen-bond donors (Lipinski definition) is 0. The molecule has 0 aromatic heterocycles. The zero-order valence-corrected chi connectivity index (χ0v) is 65.2. The first kappa shape index (κ1) is 87.1. The lowest BCUT2D eigenvalue weighted by molar-refractivity contribution is -0.929. The van der Waals surface area contributed by atoms with E-state index in [0.29, 0.717) is 0 Å². The number of benzene rings is 4. The molecule has 0 spiro atoms. The Labute approximate surface area is 602 Å². The maximum atomic E-state index is 2.34. The van der Waals surface area contributed by atoms with Gasteiger partial charge in [0.25, 0.3) is 0 Å². The van der Waals surface area contributed by atoms with E-state index in [-0.39, 0.29) is 0 Å². The molecule has 0 N–H and O–H groups in total. The topological polar surface area (TPSA) is 0 Å². The number of rotatable bonds is 70. The van der Waals surface area contributed by atoms with E-state index in [2.05, 4.69) is 149 Å². The summed E-state index contributed by atoms with van der Waals surface area (Å²) in [5, 5.41) is 0. The van der Waals surface area contributed by atoms with Gasteiger partial charge in [-0.15, -0.1) is 0 Å². The molecule has 2 heteroatoms. The Hall–Kier alpha value is -3.10. The predicted octanol–water partition coefficient (Wildman–Crippen LogP) is 29.1. The van der Waals surface area contributed by atoms with Crippen LogP contribution < -0.4 is 21.9 Å². The highest BCUT2D eigenvalue weighted by Crippen LogP contribution is 2.24. The maximum absolute atomic E-state index is 2.34. The van der Waals surface area contributed by atoms with Crippen molar-refractivity contribution >= 4 is 28.0 Å². The number of unbranched alkanes of at least 4 members (excludes halogenated alkanes) is 58. The van der Waals surface area contributed by atoms with Crippen molar-refractivity contribution in [1.82, 2.24) is 0 Å². The van der Waals surface area contributed by atoms with Crippen LogP contribution in [0.4, 0.5) is 0 Å². The summed E-state index contributed by atoms with van der Waals surface area (Å²) < 4.78 is 1.49. The van der Waals surface area contributed by atoms with Gasteiger partial charge in [-0.05, 0) is 51.4 Å². The second-order valence-corrected chi connectivity index (χ2v) is 31.3. The van der Waals surface area contributed by atoms with Crippen LogP contribution >= 0.6 is 0 Å². The van der Waals surface area contributed by atoms with E-state index in [0.717, 1.165) is 0 Å². The minimum atomic E-state index is -1.22. The second-order valence-electron chi connectivity index (χ2n) is 31.3. The molecular weight excluding hydrogens is 1150 g/mol. The summed E-state index contributed by atoms with van der Waals surface area (Å²) in [6.07, 6.45) is 90.5. The molecule has 4 rings (SSSR count). The summed E-state index contributed by atoms with van der Waals surface area (Å²) in [5.41, 5.74) is 5.36. The molecular formula is C94H164BN. The van der Waals surface area contributed by atoms with Crippen molar-refractivity contribution in [1.29, 1.82) is 0 Å². The Morgan fingerprint density at radius 3 is 0.396 bits per heavy atom. The van der Waals surface area contributed by atoms with Gasteiger partial charge in [-0.1, -0.05) is 496 Å². The molecule has 0 aliphatic carbocycles. The van der Waals surface area contributed by atoms with Crippen molar-refractivity contribution in [3.05, 3.63) is 121 Å². The smallest absolute Gasteiger partial charge is 0.108 e. The molecule has 0 aliphatic heterocycles. The predicted molar refractivity (Wildman–Crippen MR) is 439 cm³/mol. The first-order valence-corrected chi connectivity index (χ1v) is 43.9. The Balaban J connectivity index is 0.000000783. The van der Waals surface area contributed by atoms with E-state index in [1.165, 1.54) is 451 Å². The zero-order valence-electron chi connectivity index (χ0n) is 65.2. The molecule has 0 amide bonds. The fourth-order valence-electron chi connectivity index (χ4n) is 16.4. The van der Waals surface area contributed by atoms with E-state index in [1.54, 1.807) is 0 Å². The molecule has 4 aromatic carbocycles. The fourth-order valence-corrected chi connectivity index (χ4v) is 16.4. The van der Waals surface area contributed by atoms with Crippen molar-refractivity contribution in [3.63, 3.8) is 0 Å². The van der Waals surface area contributed by atoms with Gasteiger partial charge in [0.1, 0.15) is 6.15 Å². The molecule has 0 saturated carbocycles. The van der Waals surface area contributed by atoms with E-state index >= 15 is 0 Å². The van der Waals surface area contributed by atoms with Crippen LogP contribution in [-0.4, -0.2) is 36.8 Å². The first-order valence-electron chi connectivity index (χ1n) is 43.9. The molecule has 0 fully saturated rings. The van der Waals surface area contributed by atoms with Gasteiger partial charge in [0.15, 0.2) is 0 Å². The normalized spacial score (nSPS) is 11.8. The van der Waals surface area contributed by atoms with Crippen LogP contribution in [0.2, 0.25) is 0 Å². The average molecular weight is 1320 g/mol. The molecule has 4 aromatic rings. The fraction of sp³-hybridized carbons (Fsp3) is 0.745. The van der Waals surface area contributed by atoms with Gasteiger partial charge in [0.2, 0.25) is 0 Å². The van der Waals surface area contributed by atoms with Gasteiger partial charge in [-0.25, -0.2) is 0 Å². The summed E-state index contributed by atoms with van der Waals surface area (Å²) in [6.45, 7) is 15.3. The quantitative estimate of drug-likeness (QED) is 0.0235. The third kappa shape index (κ3) is 45.6. The summed E-state index contributed by atoms with van der Waals surface area (Å²) >= 11 is 0. The minimum Gasteiger partial charge on any atom is -0.324 e. The van der Waals surface area contributed by atoms with Gasteiger partial charge in [-0.3, -0.25) is 0 Å². The summed E-state index contributed by atoms with van der Waals surface area (Å²) in [4.78, 5) is 0. The highest BCUT2D eigenvalue weighted by Gasteiger charge is 2.31. The highest BCUT2D eigenvalue weighted by molar-refractivity contribution is 7.19. The lowest BCUT2D eigenvalue weighted by atomic mass is 9.13. The van der Waals surface area contributed by atoms with Crippen molar-refractivity contribution in [2.24, 2.45) is 0 Å². The van der Waals surface area contributed by atoms with Crippen molar-refractivity contribution in [2.45, 2.75) is 426 Å². The Morgan fingerprint density at radius 2 is 0.271 bits per heavy atom. The minimum absolute atomic E-state index is 1.22. The van der Waals surface area contributed by atoms with Crippen LogP contribution in [0.25, 0.3) is 0 Å². The highest BCUT2D eigenvalue weighted by atomic mass is 15.3. The average Bonchev–Trinajstić information content (AvgIpc) is 0.743. The molecule has 0 aliphatic rings. The van der Waals surface area contributed by atoms with E-state index in [1.807, 2.05) is 0 Å². The lowest BCUT2D eigenvalue weighted by Crippen LogP contribution is -2.74. The Morgan fingerprint density at radius 1 is 0.156 bits per heavy atom. The van der Waals surface area contributed by atoms with Crippen LogP contribution in [0.5, 0.6) is 0 Å². The largest absolute Gasteiger partial charge is 0.324 e. The third-order valence-corrected chi connectivity index (χ3v) is 22.6. The second kappa shape index (κ2) is 66.5. The molecule has 96 heavy (non-hydrogen) atoms. The molecule has 0 saturated heterocycles. The molecule has 0 bridgehead atoms. The third-order valence-electron chi connectivity index (χ3n) is 22.6. The first-order chi connectivity index (χ1) is 47.7. The van der Waals surface area contributed by atoms with E-state index in [4.69, 9.17) is 0 Å². The van der Waals surface area contributed by atoms with Crippen LogP contribution in [-0.2, 0) is 0 Å². The van der Waals surface area contributed by atoms with Crippen LogP contribution in [0, 0.1) is 0 Å². The van der Waals surface area contributed by atoms with Crippen LogP contribution in [0.15, 0.2) is 121 Å². The summed E-state index contributed by atoms with van der Waals surface area (Å²) in [7, 11) is 0. The molecule has 0 unspecified atom stereocenters. The molecule has 548 valence electrons. The number of hydrogen-bond acceptors (Lipinski definition) is 0. The zero-order chi connectivity index (χ0) is 68.1. The SMILES string of the molecule is CCCCCCCCCCCCCCCCCC[N+](CCCCCCCCCCCCCCCC)(CCCCCCCCCCCCCCCCCC)CCCCCCCCCCCCCCCCCC.c1ccc([B-](c2ccccc2)(c2ccccc2)c2ccccc2)cc1. The Bertz CT molecular complexity index is 1870. The Kier molecular flexibility index (Phi) is 60.3. The van der Waals surface area contributed by atoms with E-state index < -0.39 is 6.15 Å². The van der Waals surface area contributed by atoms with Gasteiger partial charge in [0, 0.05) is 0 Å². The monoisotopic (exact) mass is 1320 g/mol. The van der Waals surface area contributed by atoms with Crippen molar-refractivity contribution in [2.75, 3.05) is 26.2 Å². The maximum Gasteiger partial charge on any atom is 0.108 e. The molecule has 1 nitrogen and oxygen atoms in total. The van der Waals surface area contributed by atoms with Crippen LogP contribution in [0.3, 0.4) is 0 Å².